The van der Waals surface area contributed by atoms with Gasteiger partial charge in [-0.2, -0.15) is 28.1 Å². The zero-order valence-corrected chi connectivity index (χ0v) is 32.1. The van der Waals surface area contributed by atoms with Gasteiger partial charge < -0.3 is 31.3 Å². The van der Waals surface area contributed by atoms with E-state index in [-0.39, 0.29) is 25.0 Å². The number of carbonyl (C=O) groups is 3. The molecule has 4 aromatic carbocycles. The van der Waals surface area contributed by atoms with Gasteiger partial charge in [0, 0.05) is 40.1 Å². The number of nitrogens with zero attached hydrogens (tertiary/aromatic N) is 3. The van der Waals surface area contributed by atoms with Crippen molar-refractivity contribution in [1.82, 2.24) is 25.6 Å². The summed E-state index contributed by atoms with van der Waals surface area (Å²) in [6.07, 6.45) is -3.15. The fourth-order valence-corrected chi connectivity index (χ4v) is 5.85. The number of rotatable bonds is 14. The first-order valence-electron chi connectivity index (χ1n) is 17.7. The number of halogens is 5. The molecule has 17 heteroatoms. The highest BCUT2D eigenvalue weighted by molar-refractivity contribution is 6.39. The Hall–Kier alpha value is -5.93. The van der Waals surface area contributed by atoms with E-state index in [0.717, 1.165) is 29.5 Å². The zero-order valence-electron chi connectivity index (χ0n) is 30.6. The lowest BCUT2D eigenvalue weighted by Crippen LogP contribution is -2.44. The number of benzene rings is 4. The molecule has 5 N–H and O–H groups in total. The van der Waals surface area contributed by atoms with E-state index in [0.29, 0.717) is 27.0 Å². The topological polar surface area (TPSA) is 159 Å². The molecule has 296 valence electrons. The van der Waals surface area contributed by atoms with Crippen molar-refractivity contribution in [1.29, 1.82) is 0 Å². The maximum absolute atomic E-state index is 13.0. The van der Waals surface area contributed by atoms with Crippen molar-refractivity contribution in [2.75, 3.05) is 35.6 Å². The summed E-state index contributed by atoms with van der Waals surface area (Å²) in [7, 11) is 0. The van der Waals surface area contributed by atoms with Crippen LogP contribution in [0.25, 0.3) is 11.1 Å². The van der Waals surface area contributed by atoms with E-state index in [1.54, 1.807) is 66.7 Å². The predicted octanol–water partition coefficient (Wildman–Crippen LogP) is 8.14. The van der Waals surface area contributed by atoms with E-state index in [1.165, 1.54) is 0 Å². The summed E-state index contributed by atoms with van der Waals surface area (Å²) in [6, 6.07) is 27.2. The average Bonchev–Trinajstić information content (AvgIpc) is 3.96. The van der Waals surface area contributed by atoms with E-state index in [4.69, 9.17) is 27.9 Å². The van der Waals surface area contributed by atoms with E-state index in [1.807, 2.05) is 44.2 Å². The number of carbonyl (C=O) groups excluding carboxylic acids is 3. The minimum absolute atomic E-state index is 0.00702. The molecule has 0 radical (unpaired) electrons. The predicted molar refractivity (Wildman–Crippen MR) is 212 cm³/mol. The molecule has 1 saturated carbocycles. The largest absolute Gasteiger partial charge is 0.454 e. The molecule has 1 fully saturated rings. The van der Waals surface area contributed by atoms with Crippen molar-refractivity contribution in [3.05, 3.63) is 118 Å². The smallest absolute Gasteiger partial charge is 0.422 e. The summed E-state index contributed by atoms with van der Waals surface area (Å²) in [4.78, 5) is 50.8. The molecule has 0 unspecified atom stereocenters. The normalized spacial score (nSPS) is 13.2. The number of amides is 3. The van der Waals surface area contributed by atoms with Crippen LogP contribution in [0.4, 0.5) is 36.4 Å². The summed E-state index contributed by atoms with van der Waals surface area (Å²) in [6.45, 7) is 2.29. The Morgan fingerprint density at radius 2 is 1.37 bits per heavy atom. The molecule has 1 aromatic heterocycles. The third-order valence-corrected chi connectivity index (χ3v) is 9.34. The van der Waals surface area contributed by atoms with Crippen LogP contribution in [-0.2, 0) is 15.1 Å². The molecule has 0 saturated heterocycles. The molecule has 12 nitrogen and oxygen atoms in total. The molecule has 0 spiro atoms. The Balaban J connectivity index is 1.02. The van der Waals surface area contributed by atoms with Crippen LogP contribution < -0.4 is 31.3 Å². The van der Waals surface area contributed by atoms with Crippen molar-refractivity contribution >= 4 is 64.2 Å². The van der Waals surface area contributed by atoms with E-state index in [2.05, 4.69) is 41.5 Å². The number of ether oxygens (including phenoxy) is 1. The lowest BCUT2D eigenvalue weighted by molar-refractivity contribution is -0.154. The Kier molecular flexibility index (Phi) is 12.2. The minimum Gasteiger partial charge on any atom is -0.454 e. The Morgan fingerprint density at radius 1 is 0.737 bits per heavy atom. The van der Waals surface area contributed by atoms with Crippen LogP contribution in [-0.4, -0.2) is 58.5 Å². The van der Waals surface area contributed by atoms with Gasteiger partial charge in [-0.15, -0.1) is 0 Å². The molecule has 6 rings (SSSR count). The third kappa shape index (κ3) is 11.6. The quantitative estimate of drug-likeness (QED) is 0.0698. The highest BCUT2D eigenvalue weighted by atomic mass is 35.5. The fraction of sp³-hybridized carbons (Fsp3) is 0.250. The number of hydrogen-bond donors (Lipinski definition) is 5. The van der Waals surface area contributed by atoms with E-state index >= 15 is 0 Å². The van der Waals surface area contributed by atoms with Crippen LogP contribution in [0.3, 0.4) is 0 Å². The van der Waals surface area contributed by atoms with Crippen molar-refractivity contribution in [3.63, 3.8) is 0 Å². The highest BCUT2D eigenvalue weighted by Gasteiger charge is 2.45. The SMILES string of the molecule is CC(C)(CNC(=O)C(=O)Nc1cccc(-c2ccc(Cl)cc2)c1)CNC(=O)c1ccc(Nc2nc(NC3(c4ccc(Cl)cc4)CC3)nc(OCC(F)(F)F)n2)cc1. The second-order valence-electron chi connectivity index (χ2n) is 14.2. The van der Waals surface area contributed by atoms with Crippen molar-refractivity contribution in [2.24, 2.45) is 5.41 Å². The Labute approximate surface area is 336 Å². The van der Waals surface area contributed by atoms with E-state index in [9.17, 15) is 27.6 Å². The summed E-state index contributed by atoms with van der Waals surface area (Å²) < 4.78 is 43.8. The summed E-state index contributed by atoms with van der Waals surface area (Å²) in [5.41, 5.74) is 2.67. The lowest BCUT2D eigenvalue weighted by Gasteiger charge is -2.25. The van der Waals surface area contributed by atoms with Crippen LogP contribution in [0, 0.1) is 5.41 Å². The second kappa shape index (κ2) is 17.1. The molecule has 1 aliphatic carbocycles. The first-order valence-corrected chi connectivity index (χ1v) is 18.4. The van der Waals surface area contributed by atoms with E-state index < -0.39 is 47.5 Å². The molecule has 5 aromatic rings. The fourth-order valence-electron chi connectivity index (χ4n) is 5.60. The van der Waals surface area contributed by atoms with Gasteiger partial charge in [0.25, 0.3) is 5.91 Å². The van der Waals surface area contributed by atoms with Crippen LogP contribution in [0.15, 0.2) is 97.1 Å². The van der Waals surface area contributed by atoms with Gasteiger partial charge in [-0.3, -0.25) is 14.4 Å². The van der Waals surface area contributed by atoms with Crippen molar-refractivity contribution < 1.29 is 32.3 Å². The monoisotopic (exact) mass is 820 g/mol. The minimum atomic E-state index is -4.61. The van der Waals surface area contributed by atoms with Crippen molar-refractivity contribution in [2.45, 2.75) is 38.4 Å². The number of anilines is 4. The van der Waals surface area contributed by atoms with Crippen LogP contribution >= 0.6 is 23.2 Å². The van der Waals surface area contributed by atoms with Gasteiger partial charge in [0.1, 0.15) is 0 Å². The summed E-state index contributed by atoms with van der Waals surface area (Å²) >= 11 is 12.0. The molecule has 0 bridgehead atoms. The number of nitrogens with one attached hydrogen (secondary N) is 5. The number of aromatic nitrogens is 3. The van der Waals surface area contributed by atoms with Gasteiger partial charge in [-0.05, 0) is 95.6 Å². The van der Waals surface area contributed by atoms with Gasteiger partial charge in [0.2, 0.25) is 11.9 Å². The molecular formula is C40H37Cl2F3N8O4. The lowest BCUT2D eigenvalue weighted by atomic mass is 9.93. The molecule has 0 aliphatic heterocycles. The zero-order chi connectivity index (χ0) is 40.8. The third-order valence-electron chi connectivity index (χ3n) is 8.84. The second-order valence-corrected chi connectivity index (χ2v) is 15.0. The molecule has 57 heavy (non-hydrogen) atoms. The highest BCUT2D eigenvalue weighted by Crippen LogP contribution is 2.48. The van der Waals surface area contributed by atoms with Crippen LogP contribution in [0.1, 0.15) is 42.6 Å². The van der Waals surface area contributed by atoms with Crippen LogP contribution in [0.5, 0.6) is 6.01 Å². The summed E-state index contributed by atoms with van der Waals surface area (Å²) in [5, 5.41) is 15.4. The van der Waals surface area contributed by atoms with Crippen molar-refractivity contribution in [3.8, 4) is 17.1 Å². The van der Waals surface area contributed by atoms with Gasteiger partial charge in [0.05, 0.1) is 5.54 Å². The molecule has 1 heterocycles. The first kappa shape index (κ1) is 40.7. The van der Waals surface area contributed by atoms with Gasteiger partial charge in [-0.1, -0.05) is 73.4 Å². The van der Waals surface area contributed by atoms with Gasteiger partial charge in [-0.25, -0.2) is 0 Å². The maximum Gasteiger partial charge on any atom is 0.422 e. The first-order chi connectivity index (χ1) is 27.0. The summed E-state index contributed by atoms with van der Waals surface area (Å²) in [5.74, 6) is -2.14. The van der Waals surface area contributed by atoms with Gasteiger partial charge in [0.15, 0.2) is 6.61 Å². The molecule has 1 aliphatic rings. The Morgan fingerprint density at radius 3 is 2.02 bits per heavy atom. The number of alkyl halides is 3. The van der Waals surface area contributed by atoms with Crippen LogP contribution in [0.2, 0.25) is 10.0 Å². The average molecular weight is 822 g/mol. The molecule has 3 amide bonds. The Bertz CT molecular complexity index is 2240. The molecule has 0 atom stereocenters. The number of hydrogen-bond acceptors (Lipinski definition) is 9. The maximum atomic E-state index is 13.0. The standard InChI is InChI=1S/C40H37Cl2F3N8O4/c1-38(2,22-47-33(55)34(56)48-31-5-3-4-26(20-31)24-6-12-28(41)13-7-24)21-46-32(54)25-8-16-30(17-9-25)49-35-50-36(52-37(51-35)57-23-40(43,44)45)53-39(18-19-39)27-10-14-29(42)15-11-27/h3-17,20H,18-19,21-23H2,1-2H3,(H,46,54)(H,47,55)(H,48,56)(H2,49,50,51,52,53). The molecular weight excluding hydrogens is 784 g/mol. The van der Waals surface area contributed by atoms with Gasteiger partial charge >= 0.3 is 24.0 Å².